The first-order valence-corrected chi connectivity index (χ1v) is 15.4. The molecule has 0 aliphatic rings. The highest BCUT2D eigenvalue weighted by molar-refractivity contribution is 7.92. The average molecular weight is 645 g/mol. The van der Waals surface area contributed by atoms with Gasteiger partial charge in [0, 0.05) is 27.7 Å². The second kappa shape index (κ2) is 13.9. The molecule has 0 bridgehead atoms. The third-order valence-corrected chi connectivity index (χ3v) is 9.23. The van der Waals surface area contributed by atoms with Crippen LogP contribution in [0.2, 0.25) is 20.1 Å². The Morgan fingerprint density at radius 1 is 0.875 bits per heavy atom. The molecule has 3 aromatic carbocycles. The van der Waals surface area contributed by atoms with Crippen molar-refractivity contribution in [2.75, 3.05) is 10.8 Å². The predicted molar refractivity (Wildman–Crippen MR) is 162 cm³/mol. The van der Waals surface area contributed by atoms with Gasteiger partial charge in [0.2, 0.25) is 11.8 Å². The Bertz CT molecular complexity index is 1470. The molecule has 0 heterocycles. The molecule has 2 amide bonds. The van der Waals surface area contributed by atoms with E-state index in [2.05, 4.69) is 5.32 Å². The number of hydrogen-bond donors (Lipinski definition) is 1. The summed E-state index contributed by atoms with van der Waals surface area (Å²) in [5, 5.41) is 3.88. The Morgan fingerprint density at radius 3 is 2.12 bits per heavy atom. The van der Waals surface area contributed by atoms with Gasteiger partial charge in [0.25, 0.3) is 10.0 Å². The standard InChI is InChI=1S/C28H29Cl4N3O4S/c1-4-18(2)33-28(37)19(3)34(16-20-10-11-21(29)14-25(20)32)27(36)17-35(26-15-22(30)12-13-24(26)31)40(38,39)23-8-6-5-7-9-23/h5-15,18-19H,4,16-17H2,1-3H3,(H,33,37)/t18-,19+/m0/s1. The minimum Gasteiger partial charge on any atom is -0.352 e. The zero-order valence-electron chi connectivity index (χ0n) is 22.1. The number of nitrogens with zero attached hydrogens (tertiary/aromatic N) is 2. The monoisotopic (exact) mass is 643 g/mol. The van der Waals surface area contributed by atoms with Gasteiger partial charge in [-0.2, -0.15) is 0 Å². The number of hydrogen-bond acceptors (Lipinski definition) is 4. The van der Waals surface area contributed by atoms with Crippen molar-refractivity contribution in [1.82, 2.24) is 10.2 Å². The molecule has 12 heteroatoms. The lowest BCUT2D eigenvalue weighted by atomic mass is 10.1. The van der Waals surface area contributed by atoms with Gasteiger partial charge in [-0.3, -0.25) is 13.9 Å². The van der Waals surface area contributed by atoms with Crippen LogP contribution in [0.25, 0.3) is 0 Å². The Morgan fingerprint density at radius 2 is 1.50 bits per heavy atom. The number of halogens is 4. The highest BCUT2D eigenvalue weighted by atomic mass is 35.5. The van der Waals surface area contributed by atoms with E-state index in [1.807, 2.05) is 13.8 Å². The van der Waals surface area contributed by atoms with Crippen molar-refractivity contribution in [1.29, 1.82) is 0 Å². The first-order valence-electron chi connectivity index (χ1n) is 12.4. The first-order chi connectivity index (χ1) is 18.8. The summed E-state index contributed by atoms with van der Waals surface area (Å²) < 4.78 is 28.6. The number of amides is 2. The maximum atomic E-state index is 14.0. The van der Waals surface area contributed by atoms with Gasteiger partial charge < -0.3 is 10.2 Å². The van der Waals surface area contributed by atoms with E-state index in [4.69, 9.17) is 46.4 Å². The van der Waals surface area contributed by atoms with Gasteiger partial charge in [0.15, 0.2) is 0 Å². The van der Waals surface area contributed by atoms with E-state index in [0.717, 1.165) is 4.31 Å². The summed E-state index contributed by atoms with van der Waals surface area (Å²) in [7, 11) is -4.28. The summed E-state index contributed by atoms with van der Waals surface area (Å²) in [5.74, 6) is -1.06. The van der Waals surface area contributed by atoms with Crippen LogP contribution in [-0.2, 0) is 26.2 Å². The maximum Gasteiger partial charge on any atom is 0.264 e. The number of carbonyl (C=O) groups excluding carboxylic acids is 2. The third kappa shape index (κ3) is 7.83. The van der Waals surface area contributed by atoms with E-state index < -0.39 is 34.4 Å². The van der Waals surface area contributed by atoms with Crippen molar-refractivity contribution in [3.8, 4) is 0 Å². The van der Waals surface area contributed by atoms with Gasteiger partial charge in [-0.25, -0.2) is 8.42 Å². The fourth-order valence-corrected chi connectivity index (χ4v) is 6.14. The molecule has 3 aromatic rings. The second-order valence-corrected chi connectivity index (χ2v) is 12.7. The Balaban J connectivity index is 2.08. The van der Waals surface area contributed by atoms with Crippen molar-refractivity contribution < 1.29 is 18.0 Å². The van der Waals surface area contributed by atoms with E-state index >= 15 is 0 Å². The number of nitrogens with one attached hydrogen (secondary N) is 1. The van der Waals surface area contributed by atoms with Crippen molar-refractivity contribution in [2.24, 2.45) is 0 Å². The largest absolute Gasteiger partial charge is 0.352 e. The first kappa shape index (κ1) is 32.0. The zero-order chi connectivity index (χ0) is 29.6. The van der Waals surface area contributed by atoms with Crippen molar-refractivity contribution >= 4 is 73.9 Å². The van der Waals surface area contributed by atoms with Gasteiger partial charge in [-0.05, 0) is 68.3 Å². The fraction of sp³-hybridized carbons (Fsp3) is 0.286. The SMILES string of the molecule is CC[C@H](C)NC(=O)[C@@H](C)N(Cc1ccc(Cl)cc1Cl)C(=O)CN(c1cc(Cl)ccc1Cl)S(=O)(=O)c1ccccc1. The Kier molecular flexibility index (Phi) is 11.1. The van der Waals surface area contributed by atoms with Crippen LogP contribution in [0.1, 0.15) is 32.8 Å². The molecule has 0 spiro atoms. The summed E-state index contributed by atoms with van der Waals surface area (Å²) in [6.45, 7) is 4.60. The van der Waals surface area contributed by atoms with Crippen LogP contribution in [0.4, 0.5) is 5.69 Å². The molecule has 3 rings (SSSR count). The predicted octanol–water partition coefficient (Wildman–Crippen LogP) is 6.83. The molecule has 7 nitrogen and oxygen atoms in total. The molecule has 0 unspecified atom stereocenters. The summed E-state index contributed by atoms with van der Waals surface area (Å²) in [4.78, 5) is 28.3. The van der Waals surface area contributed by atoms with Gasteiger partial charge in [-0.1, -0.05) is 77.6 Å². The molecule has 0 aliphatic carbocycles. The van der Waals surface area contributed by atoms with Crippen LogP contribution in [0.3, 0.4) is 0 Å². The molecule has 2 atom stereocenters. The molecule has 1 N–H and O–H groups in total. The van der Waals surface area contributed by atoms with E-state index in [-0.39, 0.29) is 33.2 Å². The second-order valence-electron chi connectivity index (χ2n) is 9.17. The number of anilines is 1. The van der Waals surface area contributed by atoms with Crippen LogP contribution in [0.5, 0.6) is 0 Å². The third-order valence-electron chi connectivity index (χ3n) is 6.31. The molecule has 0 radical (unpaired) electrons. The molecular formula is C28H29Cl4N3O4S. The van der Waals surface area contributed by atoms with E-state index in [1.54, 1.807) is 37.3 Å². The zero-order valence-corrected chi connectivity index (χ0v) is 25.9. The molecule has 40 heavy (non-hydrogen) atoms. The number of rotatable bonds is 11. The number of benzene rings is 3. The van der Waals surface area contributed by atoms with Gasteiger partial charge in [0.05, 0.1) is 15.6 Å². The topological polar surface area (TPSA) is 86.8 Å². The molecule has 0 aromatic heterocycles. The lowest BCUT2D eigenvalue weighted by molar-refractivity contribution is -0.139. The van der Waals surface area contributed by atoms with Gasteiger partial charge >= 0.3 is 0 Å². The number of carbonyl (C=O) groups is 2. The summed E-state index contributed by atoms with van der Waals surface area (Å²) in [5.41, 5.74) is 0.549. The highest BCUT2D eigenvalue weighted by Gasteiger charge is 2.34. The molecule has 214 valence electrons. The highest BCUT2D eigenvalue weighted by Crippen LogP contribution is 2.33. The van der Waals surface area contributed by atoms with E-state index in [9.17, 15) is 18.0 Å². The van der Waals surface area contributed by atoms with Crippen LogP contribution in [0, 0.1) is 0 Å². The van der Waals surface area contributed by atoms with E-state index in [0.29, 0.717) is 22.0 Å². The normalized spacial score (nSPS) is 12.9. The lowest BCUT2D eigenvalue weighted by Crippen LogP contribution is -2.52. The molecule has 0 aliphatic heterocycles. The molecule has 0 fully saturated rings. The van der Waals surface area contributed by atoms with Gasteiger partial charge in [-0.15, -0.1) is 0 Å². The van der Waals surface area contributed by atoms with Crippen molar-refractivity contribution in [2.45, 2.75) is 50.7 Å². The number of sulfonamides is 1. The minimum atomic E-state index is -4.28. The quantitative estimate of drug-likeness (QED) is 0.248. The summed E-state index contributed by atoms with van der Waals surface area (Å²) in [6.07, 6.45) is 0.686. The maximum absolute atomic E-state index is 14.0. The van der Waals surface area contributed by atoms with Gasteiger partial charge in [0.1, 0.15) is 12.6 Å². The summed E-state index contributed by atoms with van der Waals surface area (Å²) in [6, 6.07) is 15.7. The van der Waals surface area contributed by atoms with Crippen LogP contribution < -0.4 is 9.62 Å². The fourth-order valence-electron chi connectivity index (χ4n) is 3.79. The van der Waals surface area contributed by atoms with Crippen LogP contribution in [-0.4, -0.2) is 43.8 Å². The smallest absolute Gasteiger partial charge is 0.264 e. The van der Waals surface area contributed by atoms with Crippen molar-refractivity contribution in [3.63, 3.8) is 0 Å². The Hall–Kier alpha value is -2.49. The Labute approximate surface area is 255 Å². The van der Waals surface area contributed by atoms with E-state index in [1.165, 1.54) is 41.3 Å². The average Bonchev–Trinajstić information content (AvgIpc) is 2.92. The summed E-state index contributed by atoms with van der Waals surface area (Å²) >= 11 is 25.1. The lowest BCUT2D eigenvalue weighted by Gasteiger charge is -2.33. The van der Waals surface area contributed by atoms with Crippen molar-refractivity contribution in [3.05, 3.63) is 92.4 Å². The molecular weight excluding hydrogens is 616 g/mol. The molecule has 0 saturated carbocycles. The molecule has 0 saturated heterocycles. The minimum absolute atomic E-state index is 0.0209. The van der Waals surface area contributed by atoms with Crippen LogP contribution in [0.15, 0.2) is 71.6 Å². The van der Waals surface area contributed by atoms with Crippen LogP contribution >= 0.6 is 46.4 Å².